The molecule has 11 nitrogen and oxygen atoms in total. The number of aliphatic hydroxyl groups is 1. The molecule has 0 aliphatic heterocycles. The molecule has 0 saturated heterocycles. The van der Waals surface area contributed by atoms with Gasteiger partial charge in [-0.25, -0.2) is 0 Å². The van der Waals surface area contributed by atoms with Crippen molar-refractivity contribution in [3.05, 3.63) is 0 Å². The maximum absolute atomic E-state index is 12.4. The van der Waals surface area contributed by atoms with Crippen LogP contribution >= 0.6 is 11.8 Å². The standard InChI is InChI=1S/C17H33N5O6S/c1-10(17(27)28)20-15(25)12(6-8-29-2)21-16(26)13(9-23)22-14(24)11(19)5-3-4-7-18/h10-13,23H,3-9,18-19H2,1-2H3,(H,20,25)(H,21,26)(H,22,24)(H,27,28). The number of carbonyl (C=O) groups excluding carboxylic acids is 3. The summed E-state index contributed by atoms with van der Waals surface area (Å²) in [6.45, 7) is 1.10. The summed E-state index contributed by atoms with van der Waals surface area (Å²) in [4.78, 5) is 47.8. The van der Waals surface area contributed by atoms with Gasteiger partial charge in [-0.1, -0.05) is 6.42 Å². The summed E-state index contributed by atoms with van der Waals surface area (Å²) < 4.78 is 0. The van der Waals surface area contributed by atoms with Gasteiger partial charge in [0.1, 0.15) is 18.1 Å². The van der Waals surface area contributed by atoms with E-state index in [9.17, 15) is 24.3 Å². The highest BCUT2D eigenvalue weighted by Gasteiger charge is 2.28. The number of carboxylic acids is 1. The summed E-state index contributed by atoms with van der Waals surface area (Å²) in [6.07, 6.45) is 3.82. The van der Waals surface area contributed by atoms with Crippen molar-refractivity contribution < 1.29 is 29.4 Å². The molecule has 4 unspecified atom stereocenters. The van der Waals surface area contributed by atoms with Crippen molar-refractivity contribution in [2.75, 3.05) is 25.2 Å². The Hall–Kier alpha value is -1.89. The predicted octanol–water partition coefficient (Wildman–Crippen LogP) is -2.25. The van der Waals surface area contributed by atoms with Crippen LogP contribution in [0.15, 0.2) is 0 Å². The van der Waals surface area contributed by atoms with E-state index in [4.69, 9.17) is 16.6 Å². The van der Waals surface area contributed by atoms with E-state index < -0.39 is 54.5 Å². The van der Waals surface area contributed by atoms with Crippen molar-refractivity contribution in [1.82, 2.24) is 16.0 Å². The molecule has 0 rings (SSSR count). The van der Waals surface area contributed by atoms with Crippen molar-refractivity contribution >= 4 is 35.5 Å². The van der Waals surface area contributed by atoms with Crippen LogP contribution in [-0.2, 0) is 19.2 Å². The minimum atomic E-state index is -1.29. The summed E-state index contributed by atoms with van der Waals surface area (Å²) in [6, 6.07) is -4.28. The van der Waals surface area contributed by atoms with Crippen molar-refractivity contribution in [3.8, 4) is 0 Å². The fourth-order valence-electron chi connectivity index (χ4n) is 2.27. The molecule has 12 heteroatoms. The number of nitrogens with one attached hydrogen (secondary N) is 3. The van der Waals surface area contributed by atoms with E-state index >= 15 is 0 Å². The van der Waals surface area contributed by atoms with Crippen LogP contribution in [0.25, 0.3) is 0 Å². The van der Waals surface area contributed by atoms with Gasteiger partial charge in [0, 0.05) is 0 Å². The molecule has 0 spiro atoms. The van der Waals surface area contributed by atoms with E-state index in [1.165, 1.54) is 18.7 Å². The van der Waals surface area contributed by atoms with E-state index in [0.29, 0.717) is 31.6 Å². The van der Waals surface area contributed by atoms with Crippen LogP contribution in [0.5, 0.6) is 0 Å². The first-order valence-corrected chi connectivity index (χ1v) is 10.8. The fraction of sp³-hybridized carbons (Fsp3) is 0.765. The van der Waals surface area contributed by atoms with E-state index in [2.05, 4.69) is 16.0 Å². The number of rotatable bonds is 15. The minimum Gasteiger partial charge on any atom is -0.480 e. The molecular formula is C17H33N5O6S. The van der Waals surface area contributed by atoms with Gasteiger partial charge in [0.25, 0.3) is 0 Å². The predicted molar refractivity (Wildman–Crippen MR) is 110 cm³/mol. The Kier molecular flexibility index (Phi) is 14.0. The third-order valence-electron chi connectivity index (χ3n) is 4.09. The molecule has 168 valence electrons. The highest BCUT2D eigenvalue weighted by atomic mass is 32.2. The molecule has 0 aliphatic rings. The number of aliphatic hydroxyl groups excluding tert-OH is 1. The molecule has 29 heavy (non-hydrogen) atoms. The SMILES string of the molecule is CSCCC(NC(=O)C(CO)NC(=O)C(N)CCCCN)C(=O)NC(C)C(=O)O. The Balaban J connectivity index is 4.93. The number of aliphatic carboxylic acids is 1. The summed E-state index contributed by atoms with van der Waals surface area (Å²) in [5, 5.41) is 25.5. The first kappa shape index (κ1) is 27.1. The Labute approximate surface area is 174 Å². The van der Waals surface area contributed by atoms with Gasteiger partial charge in [-0.3, -0.25) is 19.2 Å². The van der Waals surface area contributed by atoms with Crippen LogP contribution in [0.4, 0.5) is 0 Å². The number of nitrogens with two attached hydrogens (primary N) is 2. The van der Waals surface area contributed by atoms with E-state index in [0.717, 1.165) is 0 Å². The molecule has 0 aromatic heterocycles. The Bertz CT molecular complexity index is 550. The molecule has 0 aliphatic carbocycles. The quantitative estimate of drug-likeness (QED) is 0.139. The van der Waals surface area contributed by atoms with Gasteiger partial charge in [0.05, 0.1) is 12.6 Å². The molecule has 0 saturated carbocycles. The van der Waals surface area contributed by atoms with Gasteiger partial charge in [0.2, 0.25) is 17.7 Å². The van der Waals surface area contributed by atoms with Crippen LogP contribution in [0, 0.1) is 0 Å². The lowest BCUT2D eigenvalue weighted by atomic mass is 10.1. The fourth-order valence-corrected chi connectivity index (χ4v) is 2.74. The Morgan fingerprint density at radius 1 is 0.966 bits per heavy atom. The van der Waals surface area contributed by atoms with Crippen molar-refractivity contribution in [3.63, 3.8) is 0 Å². The summed E-state index contributed by atoms with van der Waals surface area (Å²) >= 11 is 1.45. The first-order chi connectivity index (χ1) is 13.7. The van der Waals surface area contributed by atoms with Gasteiger partial charge >= 0.3 is 5.97 Å². The lowest BCUT2D eigenvalue weighted by molar-refractivity contribution is -0.141. The van der Waals surface area contributed by atoms with Crippen LogP contribution < -0.4 is 27.4 Å². The number of hydrogen-bond acceptors (Lipinski definition) is 8. The molecule has 4 atom stereocenters. The number of carbonyl (C=O) groups is 4. The van der Waals surface area contributed by atoms with Crippen LogP contribution in [0.2, 0.25) is 0 Å². The average molecular weight is 436 g/mol. The Morgan fingerprint density at radius 3 is 2.07 bits per heavy atom. The molecule has 0 aromatic rings. The van der Waals surface area contributed by atoms with Gasteiger partial charge in [-0.05, 0) is 44.7 Å². The van der Waals surface area contributed by atoms with Crippen LogP contribution in [0.1, 0.15) is 32.6 Å². The first-order valence-electron chi connectivity index (χ1n) is 9.37. The second-order valence-electron chi connectivity index (χ2n) is 6.55. The average Bonchev–Trinajstić information content (AvgIpc) is 2.68. The summed E-state index contributed by atoms with van der Waals surface area (Å²) in [5.74, 6) is -2.71. The monoisotopic (exact) mass is 435 g/mol. The Morgan fingerprint density at radius 2 is 1.55 bits per heavy atom. The largest absolute Gasteiger partial charge is 0.480 e. The molecular weight excluding hydrogens is 402 g/mol. The maximum Gasteiger partial charge on any atom is 0.325 e. The molecule has 0 fully saturated rings. The lowest BCUT2D eigenvalue weighted by Crippen LogP contribution is -2.58. The molecule has 0 bridgehead atoms. The summed E-state index contributed by atoms with van der Waals surface area (Å²) in [5.41, 5.74) is 11.2. The third-order valence-corrected chi connectivity index (χ3v) is 4.74. The molecule has 0 heterocycles. The molecule has 0 aromatic carbocycles. The van der Waals surface area contributed by atoms with Crippen molar-refractivity contribution in [2.45, 2.75) is 56.8 Å². The number of hydrogen-bond donors (Lipinski definition) is 7. The van der Waals surface area contributed by atoms with Gasteiger partial charge in [-0.2, -0.15) is 11.8 Å². The third kappa shape index (κ3) is 11.0. The van der Waals surface area contributed by atoms with E-state index in [1.807, 2.05) is 6.26 Å². The smallest absolute Gasteiger partial charge is 0.325 e. The number of thioether (sulfide) groups is 1. The second kappa shape index (κ2) is 15.0. The van der Waals surface area contributed by atoms with Crippen molar-refractivity contribution in [1.29, 1.82) is 0 Å². The normalized spacial score (nSPS) is 14.9. The molecule has 9 N–H and O–H groups in total. The number of amides is 3. The van der Waals surface area contributed by atoms with Crippen molar-refractivity contribution in [2.24, 2.45) is 11.5 Å². The maximum atomic E-state index is 12.4. The van der Waals surface area contributed by atoms with Gasteiger partial charge in [-0.15, -0.1) is 0 Å². The number of unbranched alkanes of at least 4 members (excludes halogenated alkanes) is 1. The summed E-state index contributed by atoms with van der Waals surface area (Å²) in [7, 11) is 0. The van der Waals surface area contributed by atoms with E-state index in [1.54, 1.807) is 0 Å². The highest BCUT2D eigenvalue weighted by Crippen LogP contribution is 2.03. The zero-order chi connectivity index (χ0) is 22.4. The van der Waals surface area contributed by atoms with Gasteiger partial charge in [0.15, 0.2) is 0 Å². The van der Waals surface area contributed by atoms with Crippen LogP contribution in [0.3, 0.4) is 0 Å². The molecule has 3 amide bonds. The van der Waals surface area contributed by atoms with Crippen LogP contribution in [-0.4, -0.2) is 83.2 Å². The zero-order valence-electron chi connectivity index (χ0n) is 16.8. The molecule has 0 radical (unpaired) electrons. The van der Waals surface area contributed by atoms with E-state index in [-0.39, 0.29) is 6.42 Å². The minimum absolute atomic E-state index is 0.246. The van der Waals surface area contributed by atoms with Gasteiger partial charge < -0.3 is 37.6 Å². The second-order valence-corrected chi connectivity index (χ2v) is 7.53. The lowest BCUT2D eigenvalue weighted by Gasteiger charge is -2.23. The number of carboxylic acid groups (broad SMARTS) is 1. The zero-order valence-corrected chi connectivity index (χ0v) is 17.7. The topological polar surface area (TPSA) is 197 Å². The highest BCUT2D eigenvalue weighted by molar-refractivity contribution is 7.98.